The molecule has 2 unspecified atom stereocenters. The second-order valence-electron chi connectivity index (χ2n) is 6.01. The van der Waals surface area contributed by atoms with Gasteiger partial charge in [-0.1, -0.05) is 13.0 Å². The maximum Gasteiger partial charge on any atom is 0.0932 e. The average Bonchev–Trinajstić information content (AvgIpc) is 2.90. The molecular weight excluding hydrogens is 257 g/mol. The lowest BCUT2D eigenvalue weighted by molar-refractivity contribution is 0.253. The van der Waals surface area contributed by atoms with E-state index in [4.69, 9.17) is 0 Å². The zero-order chi connectivity index (χ0) is 13.8. The van der Waals surface area contributed by atoms with Crippen molar-refractivity contribution >= 4 is 11.8 Å². The van der Waals surface area contributed by atoms with Gasteiger partial charge in [0.05, 0.1) is 5.83 Å². The number of allylic oxidation sites excluding steroid dienone is 4. The first-order valence-electron chi connectivity index (χ1n) is 7.43. The predicted octanol–water partition coefficient (Wildman–Crippen LogP) is 4.62. The summed E-state index contributed by atoms with van der Waals surface area (Å²) < 4.78 is 12.7. The van der Waals surface area contributed by atoms with Crippen LogP contribution in [-0.4, -0.2) is 30.3 Å². The van der Waals surface area contributed by atoms with Crippen molar-refractivity contribution in [1.82, 2.24) is 4.90 Å². The molecule has 1 nitrogen and oxygen atoms in total. The lowest BCUT2D eigenvalue weighted by Crippen LogP contribution is -2.28. The van der Waals surface area contributed by atoms with Gasteiger partial charge in [-0.25, -0.2) is 4.39 Å². The molecule has 2 aliphatic heterocycles. The van der Waals surface area contributed by atoms with E-state index in [0.717, 1.165) is 18.4 Å². The largest absolute Gasteiger partial charge is 0.303 e. The molecule has 0 aromatic heterocycles. The van der Waals surface area contributed by atoms with Gasteiger partial charge in [-0.15, -0.1) is 11.8 Å². The summed E-state index contributed by atoms with van der Waals surface area (Å²) in [5.74, 6) is 2.64. The molecule has 0 saturated carbocycles. The molecule has 0 N–H and O–H groups in total. The highest BCUT2D eigenvalue weighted by molar-refractivity contribution is 8.03. The molecule has 2 heterocycles. The van der Waals surface area contributed by atoms with Gasteiger partial charge in [0.25, 0.3) is 0 Å². The van der Waals surface area contributed by atoms with E-state index in [1.165, 1.54) is 43.4 Å². The number of likely N-dealkylation sites (tertiary alicyclic amines) is 1. The molecule has 2 rings (SSSR count). The SMILES string of the molecule is C/C(F)=C\C/C=C1/SCC(C[C@H]2CCCN2C)C1C. The number of hydrogen-bond acceptors (Lipinski definition) is 2. The van der Waals surface area contributed by atoms with E-state index in [1.807, 2.05) is 11.8 Å². The Morgan fingerprint density at radius 1 is 1.53 bits per heavy atom. The minimum Gasteiger partial charge on any atom is -0.303 e. The van der Waals surface area contributed by atoms with Crippen molar-refractivity contribution in [2.24, 2.45) is 11.8 Å². The Balaban J connectivity index is 1.86. The average molecular weight is 283 g/mol. The summed E-state index contributed by atoms with van der Waals surface area (Å²) in [6, 6.07) is 0.792. The van der Waals surface area contributed by atoms with Crippen LogP contribution in [-0.2, 0) is 0 Å². The number of halogens is 1. The summed E-state index contributed by atoms with van der Waals surface area (Å²) in [5.41, 5.74) is 0. The molecule has 3 atom stereocenters. The lowest BCUT2D eigenvalue weighted by Gasteiger charge is -2.24. The van der Waals surface area contributed by atoms with Crippen LogP contribution in [0.1, 0.15) is 39.5 Å². The third-order valence-electron chi connectivity index (χ3n) is 4.58. The van der Waals surface area contributed by atoms with Gasteiger partial charge in [-0.3, -0.25) is 0 Å². The van der Waals surface area contributed by atoms with Crippen LogP contribution in [0.4, 0.5) is 4.39 Å². The van der Waals surface area contributed by atoms with Crippen LogP contribution < -0.4 is 0 Å². The molecule has 2 aliphatic rings. The van der Waals surface area contributed by atoms with Crippen molar-refractivity contribution < 1.29 is 4.39 Å². The Morgan fingerprint density at radius 3 is 2.95 bits per heavy atom. The number of rotatable bonds is 4. The lowest BCUT2D eigenvalue weighted by atomic mass is 9.88. The fourth-order valence-corrected chi connectivity index (χ4v) is 4.69. The van der Waals surface area contributed by atoms with E-state index >= 15 is 0 Å². The predicted molar refractivity (Wildman–Crippen MR) is 82.9 cm³/mol. The van der Waals surface area contributed by atoms with Gasteiger partial charge < -0.3 is 4.90 Å². The minimum atomic E-state index is -0.0726. The normalized spacial score (nSPS) is 35.5. The molecule has 0 bridgehead atoms. The van der Waals surface area contributed by atoms with Crippen molar-refractivity contribution in [1.29, 1.82) is 0 Å². The first-order chi connectivity index (χ1) is 9.08. The molecule has 19 heavy (non-hydrogen) atoms. The van der Waals surface area contributed by atoms with E-state index < -0.39 is 0 Å². The molecule has 0 aromatic carbocycles. The van der Waals surface area contributed by atoms with Gasteiger partial charge in [0.2, 0.25) is 0 Å². The minimum absolute atomic E-state index is 0.0726. The molecule has 2 saturated heterocycles. The highest BCUT2D eigenvalue weighted by Crippen LogP contribution is 2.43. The smallest absolute Gasteiger partial charge is 0.0932 e. The van der Waals surface area contributed by atoms with Gasteiger partial charge >= 0.3 is 0 Å². The summed E-state index contributed by atoms with van der Waals surface area (Å²) in [6.07, 6.45) is 8.69. The molecule has 3 heteroatoms. The highest BCUT2D eigenvalue weighted by atomic mass is 32.2. The third-order valence-corrected chi connectivity index (χ3v) is 6.05. The number of nitrogens with zero attached hydrogens (tertiary/aromatic N) is 1. The molecule has 0 amide bonds. The summed E-state index contributed by atoms with van der Waals surface area (Å²) >= 11 is 1.99. The molecule has 0 aromatic rings. The Hall–Kier alpha value is -0.280. The van der Waals surface area contributed by atoms with Crippen LogP contribution >= 0.6 is 11.8 Å². The number of hydrogen-bond donors (Lipinski definition) is 0. The maximum atomic E-state index is 12.7. The Labute approximate surface area is 121 Å². The van der Waals surface area contributed by atoms with E-state index in [9.17, 15) is 4.39 Å². The Morgan fingerprint density at radius 2 is 2.32 bits per heavy atom. The molecule has 2 fully saturated rings. The second kappa shape index (κ2) is 6.94. The fourth-order valence-electron chi connectivity index (χ4n) is 3.19. The Kier molecular flexibility index (Phi) is 5.52. The zero-order valence-corrected chi connectivity index (χ0v) is 13.2. The van der Waals surface area contributed by atoms with Crippen molar-refractivity contribution in [3.8, 4) is 0 Å². The van der Waals surface area contributed by atoms with Crippen LogP contribution in [0.3, 0.4) is 0 Å². The second-order valence-corrected chi connectivity index (χ2v) is 7.10. The summed E-state index contributed by atoms with van der Waals surface area (Å²) in [4.78, 5) is 4.00. The number of thioether (sulfide) groups is 1. The van der Waals surface area contributed by atoms with E-state index in [0.29, 0.717) is 5.92 Å². The highest BCUT2D eigenvalue weighted by Gasteiger charge is 2.32. The summed E-state index contributed by atoms with van der Waals surface area (Å²) in [7, 11) is 2.26. The van der Waals surface area contributed by atoms with Crippen molar-refractivity contribution in [2.75, 3.05) is 19.3 Å². The Bertz CT molecular complexity index is 360. The molecule has 0 radical (unpaired) electrons. The maximum absolute atomic E-state index is 12.7. The van der Waals surface area contributed by atoms with Gasteiger partial charge in [0.1, 0.15) is 0 Å². The molecule has 0 aliphatic carbocycles. The van der Waals surface area contributed by atoms with Crippen LogP contribution in [0.15, 0.2) is 22.9 Å². The van der Waals surface area contributed by atoms with Crippen LogP contribution in [0.25, 0.3) is 0 Å². The van der Waals surface area contributed by atoms with Gasteiger partial charge in [0, 0.05) is 11.8 Å². The van der Waals surface area contributed by atoms with Crippen LogP contribution in [0.5, 0.6) is 0 Å². The first-order valence-corrected chi connectivity index (χ1v) is 8.42. The molecular formula is C16H26FNS. The van der Waals surface area contributed by atoms with Crippen LogP contribution in [0, 0.1) is 11.8 Å². The van der Waals surface area contributed by atoms with Crippen molar-refractivity contribution in [3.63, 3.8) is 0 Å². The van der Waals surface area contributed by atoms with E-state index in [-0.39, 0.29) is 5.83 Å². The first kappa shape index (κ1) is 15.1. The standard InChI is InChI=1S/C16H26FNS/c1-12(17)6-4-8-16-13(2)14(11-19-16)10-15-7-5-9-18(15)3/h6,8,13-15H,4-5,7,9-11H2,1-3H3/b12-6+,16-8+/t13?,14?,15-/m1/s1. The van der Waals surface area contributed by atoms with E-state index in [1.54, 1.807) is 6.08 Å². The van der Waals surface area contributed by atoms with Gasteiger partial charge in [0.15, 0.2) is 0 Å². The third kappa shape index (κ3) is 4.09. The fraction of sp³-hybridized carbons (Fsp3) is 0.750. The monoisotopic (exact) mass is 283 g/mol. The van der Waals surface area contributed by atoms with Crippen molar-refractivity contribution in [3.05, 3.63) is 22.9 Å². The van der Waals surface area contributed by atoms with Gasteiger partial charge in [-0.05, 0) is 69.0 Å². The topological polar surface area (TPSA) is 3.24 Å². The van der Waals surface area contributed by atoms with Gasteiger partial charge in [-0.2, -0.15) is 0 Å². The van der Waals surface area contributed by atoms with Crippen molar-refractivity contribution in [2.45, 2.75) is 45.6 Å². The summed E-state index contributed by atoms with van der Waals surface area (Å²) in [6.45, 7) is 5.13. The molecule has 108 valence electrons. The summed E-state index contributed by atoms with van der Waals surface area (Å²) in [5, 5.41) is 0. The quantitative estimate of drug-likeness (QED) is 0.741. The van der Waals surface area contributed by atoms with E-state index in [2.05, 4.69) is 24.9 Å². The molecule has 0 spiro atoms. The van der Waals surface area contributed by atoms with Crippen LogP contribution in [0.2, 0.25) is 0 Å². The zero-order valence-electron chi connectivity index (χ0n) is 12.4.